The quantitative estimate of drug-likeness (QED) is 0.757. The molecule has 0 aliphatic carbocycles. The maximum atomic E-state index is 11.7. The molecule has 2 unspecified atom stereocenters. The molecule has 0 radical (unpaired) electrons. The lowest BCUT2D eigenvalue weighted by Crippen LogP contribution is -2.44. The fraction of sp³-hybridized carbons (Fsp3) is 1.00. The van der Waals surface area contributed by atoms with Gasteiger partial charge in [0.15, 0.2) is 9.84 Å². The average Bonchev–Trinajstić information content (AvgIpc) is 2.36. The number of hydrogen-bond donors (Lipinski definition) is 1. The summed E-state index contributed by atoms with van der Waals surface area (Å²) in [6, 6.07) is 0. The molecule has 0 saturated carbocycles. The smallest absolute Gasteiger partial charge is 0.151 e. The van der Waals surface area contributed by atoms with Gasteiger partial charge in [-0.3, -0.25) is 0 Å². The topological polar surface area (TPSA) is 63.4 Å². The van der Waals surface area contributed by atoms with Crippen molar-refractivity contribution < 1.29 is 8.42 Å². The second-order valence-corrected chi connectivity index (χ2v) is 7.71. The number of likely N-dealkylation sites (tertiary alicyclic amines) is 1. The standard InChI is InChI=1S/C13H28N2O2S/c1-3-8-18(16,17)9-7-15-6-5-13(10-14)12(4-2)11-15/h12-13H,3-11,14H2,1-2H3. The van der Waals surface area contributed by atoms with Crippen LogP contribution in [0.3, 0.4) is 0 Å². The van der Waals surface area contributed by atoms with Gasteiger partial charge < -0.3 is 10.6 Å². The highest BCUT2D eigenvalue weighted by Gasteiger charge is 2.27. The summed E-state index contributed by atoms with van der Waals surface area (Å²) in [5, 5.41) is 0. The maximum Gasteiger partial charge on any atom is 0.151 e. The molecule has 5 heteroatoms. The van der Waals surface area contributed by atoms with E-state index in [0.29, 0.717) is 29.9 Å². The molecule has 1 fully saturated rings. The Morgan fingerprint density at radius 2 is 1.94 bits per heavy atom. The van der Waals surface area contributed by atoms with Crippen molar-refractivity contribution in [2.24, 2.45) is 17.6 Å². The highest BCUT2D eigenvalue weighted by molar-refractivity contribution is 7.91. The van der Waals surface area contributed by atoms with E-state index in [2.05, 4.69) is 11.8 Å². The Hall–Kier alpha value is -0.130. The molecule has 0 aromatic heterocycles. The molecule has 1 heterocycles. The third-order valence-corrected chi connectivity index (χ3v) is 5.87. The van der Waals surface area contributed by atoms with Gasteiger partial charge in [-0.25, -0.2) is 8.42 Å². The van der Waals surface area contributed by atoms with E-state index in [4.69, 9.17) is 5.73 Å². The molecule has 2 N–H and O–H groups in total. The third-order valence-electron chi connectivity index (χ3n) is 4.04. The second kappa shape index (κ2) is 7.46. The van der Waals surface area contributed by atoms with Crippen LogP contribution in [0.4, 0.5) is 0 Å². The summed E-state index contributed by atoms with van der Waals surface area (Å²) in [4.78, 5) is 2.30. The first kappa shape index (κ1) is 15.9. The molecule has 0 amide bonds. The van der Waals surface area contributed by atoms with Crippen molar-refractivity contribution in [2.75, 3.05) is 37.7 Å². The van der Waals surface area contributed by atoms with Crippen LogP contribution in [-0.2, 0) is 9.84 Å². The second-order valence-electron chi connectivity index (χ2n) is 5.41. The molecule has 18 heavy (non-hydrogen) atoms. The third kappa shape index (κ3) is 4.86. The van der Waals surface area contributed by atoms with Gasteiger partial charge in [0.1, 0.15) is 0 Å². The van der Waals surface area contributed by atoms with E-state index >= 15 is 0 Å². The predicted molar refractivity (Wildman–Crippen MR) is 76.3 cm³/mol. The first-order valence-corrected chi connectivity index (χ1v) is 8.97. The fourth-order valence-electron chi connectivity index (χ4n) is 2.81. The van der Waals surface area contributed by atoms with Crippen molar-refractivity contribution in [3.05, 3.63) is 0 Å². The van der Waals surface area contributed by atoms with Crippen LogP contribution in [0.25, 0.3) is 0 Å². The minimum atomic E-state index is -2.84. The summed E-state index contributed by atoms with van der Waals surface area (Å²) >= 11 is 0. The number of piperidine rings is 1. The zero-order valence-electron chi connectivity index (χ0n) is 11.8. The van der Waals surface area contributed by atoms with E-state index in [-0.39, 0.29) is 0 Å². The Morgan fingerprint density at radius 3 is 2.50 bits per heavy atom. The van der Waals surface area contributed by atoms with E-state index in [9.17, 15) is 8.42 Å². The van der Waals surface area contributed by atoms with Gasteiger partial charge in [0.25, 0.3) is 0 Å². The van der Waals surface area contributed by atoms with Crippen LogP contribution in [0.5, 0.6) is 0 Å². The monoisotopic (exact) mass is 276 g/mol. The number of nitrogens with zero attached hydrogens (tertiary/aromatic N) is 1. The zero-order valence-corrected chi connectivity index (χ0v) is 12.6. The van der Waals surface area contributed by atoms with Crippen LogP contribution in [0.15, 0.2) is 0 Å². The number of nitrogens with two attached hydrogens (primary N) is 1. The lowest BCUT2D eigenvalue weighted by atomic mass is 9.84. The van der Waals surface area contributed by atoms with Crippen molar-refractivity contribution in [3.8, 4) is 0 Å². The Kier molecular flexibility index (Phi) is 6.60. The molecule has 0 bridgehead atoms. The zero-order chi connectivity index (χ0) is 13.6. The van der Waals surface area contributed by atoms with Gasteiger partial charge in [-0.05, 0) is 37.8 Å². The largest absolute Gasteiger partial charge is 0.330 e. The van der Waals surface area contributed by atoms with Crippen molar-refractivity contribution in [3.63, 3.8) is 0 Å². The van der Waals surface area contributed by atoms with Crippen LogP contribution in [0, 0.1) is 11.8 Å². The van der Waals surface area contributed by atoms with Gasteiger partial charge in [-0.2, -0.15) is 0 Å². The summed E-state index contributed by atoms with van der Waals surface area (Å²) in [7, 11) is -2.84. The Balaban J connectivity index is 2.41. The molecule has 0 spiro atoms. The van der Waals surface area contributed by atoms with Gasteiger partial charge in [0, 0.05) is 18.8 Å². The van der Waals surface area contributed by atoms with Gasteiger partial charge in [0.05, 0.1) is 5.75 Å². The van der Waals surface area contributed by atoms with Crippen molar-refractivity contribution in [1.82, 2.24) is 4.90 Å². The molecule has 2 atom stereocenters. The summed E-state index contributed by atoms with van der Waals surface area (Å²) in [6.45, 7) is 7.58. The van der Waals surface area contributed by atoms with Gasteiger partial charge in [0.2, 0.25) is 0 Å². The SMILES string of the molecule is CCCS(=O)(=O)CCN1CCC(CN)C(CC)C1. The average molecular weight is 276 g/mol. The van der Waals surface area contributed by atoms with Crippen LogP contribution < -0.4 is 5.73 Å². The molecule has 1 saturated heterocycles. The van der Waals surface area contributed by atoms with Crippen molar-refractivity contribution in [2.45, 2.75) is 33.1 Å². The molecular weight excluding hydrogens is 248 g/mol. The molecule has 1 aliphatic heterocycles. The molecular formula is C13H28N2O2S. The van der Waals surface area contributed by atoms with Gasteiger partial charge >= 0.3 is 0 Å². The number of hydrogen-bond acceptors (Lipinski definition) is 4. The van der Waals surface area contributed by atoms with Crippen LogP contribution in [0.1, 0.15) is 33.1 Å². The molecule has 4 nitrogen and oxygen atoms in total. The van der Waals surface area contributed by atoms with Crippen molar-refractivity contribution in [1.29, 1.82) is 0 Å². The maximum absolute atomic E-state index is 11.7. The molecule has 0 aromatic carbocycles. The molecule has 0 aromatic rings. The molecule has 1 rings (SSSR count). The van der Waals surface area contributed by atoms with E-state index in [1.165, 1.54) is 0 Å². The normalized spacial score (nSPS) is 26.4. The first-order chi connectivity index (χ1) is 8.52. The predicted octanol–water partition coefficient (Wildman–Crippen LogP) is 1.12. The Morgan fingerprint density at radius 1 is 1.22 bits per heavy atom. The van der Waals surface area contributed by atoms with E-state index in [0.717, 1.165) is 38.9 Å². The van der Waals surface area contributed by atoms with Crippen molar-refractivity contribution >= 4 is 9.84 Å². The highest BCUT2D eigenvalue weighted by Crippen LogP contribution is 2.25. The molecule has 1 aliphatic rings. The summed E-state index contributed by atoms with van der Waals surface area (Å²) in [5.74, 6) is 1.89. The summed E-state index contributed by atoms with van der Waals surface area (Å²) < 4.78 is 23.4. The fourth-order valence-corrected chi connectivity index (χ4v) is 4.18. The summed E-state index contributed by atoms with van der Waals surface area (Å²) in [5.41, 5.74) is 5.78. The summed E-state index contributed by atoms with van der Waals surface area (Å²) in [6.07, 6.45) is 2.97. The lowest BCUT2D eigenvalue weighted by Gasteiger charge is -2.37. The van der Waals surface area contributed by atoms with Crippen LogP contribution in [-0.4, -0.2) is 51.0 Å². The molecule has 108 valence electrons. The van der Waals surface area contributed by atoms with E-state index < -0.39 is 9.84 Å². The lowest BCUT2D eigenvalue weighted by molar-refractivity contribution is 0.126. The Labute approximate surface area is 112 Å². The van der Waals surface area contributed by atoms with Crippen LogP contribution in [0.2, 0.25) is 0 Å². The minimum Gasteiger partial charge on any atom is -0.330 e. The number of sulfone groups is 1. The first-order valence-electron chi connectivity index (χ1n) is 7.15. The Bertz CT molecular complexity index is 330. The van der Waals surface area contributed by atoms with Gasteiger partial charge in [-0.15, -0.1) is 0 Å². The highest BCUT2D eigenvalue weighted by atomic mass is 32.2. The number of rotatable bonds is 7. The van der Waals surface area contributed by atoms with E-state index in [1.807, 2.05) is 6.92 Å². The van der Waals surface area contributed by atoms with Gasteiger partial charge in [-0.1, -0.05) is 20.3 Å². The minimum absolute atomic E-state index is 0.310. The van der Waals surface area contributed by atoms with Crippen LogP contribution >= 0.6 is 0 Å². The van der Waals surface area contributed by atoms with E-state index in [1.54, 1.807) is 0 Å².